The maximum absolute atomic E-state index is 9.08. The van der Waals surface area contributed by atoms with E-state index in [9.17, 15) is 0 Å². The molecule has 1 fully saturated rings. The molecule has 0 atom stereocenters. The Morgan fingerprint density at radius 3 is 2.57 bits per heavy atom. The molecule has 1 saturated heterocycles. The van der Waals surface area contributed by atoms with Gasteiger partial charge in [-0.3, -0.25) is 14.5 Å². The number of nitriles is 1. The number of benzene rings is 1. The molecule has 0 bridgehead atoms. The zero-order chi connectivity index (χ0) is 31.5. The molecule has 1 aromatic carbocycles. The van der Waals surface area contributed by atoms with Crippen molar-refractivity contribution < 1.29 is 4.74 Å². The average Bonchev–Trinajstić information content (AvgIpc) is 3.48. The molecule has 3 N–H and O–H groups in total. The molecule has 12 nitrogen and oxygen atoms in total. The minimum atomic E-state index is 0.176. The number of hydrogen-bond acceptors (Lipinski definition) is 11. The second-order valence-electron chi connectivity index (χ2n) is 11.1. The number of methoxy groups -OCH3 is 1. The van der Waals surface area contributed by atoms with Gasteiger partial charge in [0.05, 0.1) is 23.9 Å². The number of rotatable bonds is 8. The van der Waals surface area contributed by atoms with Crippen molar-refractivity contribution in [3.8, 4) is 40.2 Å². The first-order chi connectivity index (χ1) is 22.6. The van der Waals surface area contributed by atoms with Crippen LogP contribution in [0.3, 0.4) is 0 Å². The summed E-state index contributed by atoms with van der Waals surface area (Å²) in [6, 6.07) is 22.1. The summed E-state index contributed by atoms with van der Waals surface area (Å²) in [6.07, 6.45) is 8.70. The number of pyridine rings is 3. The van der Waals surface area contributed by atoms with E-state index in [0.29, 0.717) is 34.9 Å². The van der Waals surface area contributed by atoms with Gasteiger partial charge in [-0.25, -0.2) is 24.9 Å². The van der Waals surface area contributed by atoms with Crippen LogP contribution in [0.15, 0.2) is 85.5 Å². The van der Waals surface area contributed by atoms with Gasteiger partial charge in [0, 0.05) is 56.2 Å². The molecule has 46 heavy (non-hydrogen) atoms. The number of nitrogens with zero attached hydrogens (tertiary/aromatic N) is 9. The predicted octanol–water partition coefficient (Wildman–Crippen LogP) is 4.87. The van der Waals surface area contributed by atoms with Crippen molar-refractivity contribution >= 4 is 22.8 Å². The van der Waals surface area contributed by atoms with Crippen molar-refractivity contribution in [2.75, 3.05) is 31.2 Å². The molecule has 6 aromatic rings. The van der Waals surface area contributed by atoms with E-state index in [1.807, 2.05) is 41.0 Å². The number of fused-ring (bicyclic) bond motifs is 1. The van der Waals surface area contributed by atoms with Crippen molar-refractivity contribution in [1.82, 2.24) is 39.4 Å². The highest BCUT2D eigenvalue weighted by molar-refractivity contribution is 5.85. The molecule has 0 aliphatic carbocycles. The lowest BCUT2D eigenvalue weighted by Gasteiger charge is -2.32. The number of ether oxygens (including phenoxy) is 1. The van der Waals surface area contributed by atoms with Crippen LogP contribution in [-0.2, 0) is 6.54 Å². The molecule has 5 aromatic heterocycles. The summed E-state index contributed by atoms with van der Waals surface area (Å²) in [5.74, 6) is 2.62. The number of imidazole rings is 1. The molecule has 1 aliphatic rings. The van der Waals surface area contributed by atoms with E-state index in [-0.39, 0.29) is 5.82 Å². The van der Waals surface area contributed by atoms with E-state index >= 15 is 0 Å². The zero-order valence-electron chi connectivity index (χ0n) is 25.2. The van der Waals surface area contributed by atoms with Gasteiger partial charge >= 0.3 is 0 Å². The standard InChI is InChI=1S/C34H31N11O/c1-46-29-10-15-37-20-26(29)27-8-9-28-34(41-27)45(33(42-28)25-3-2-14-39-32(25)36)24-6-4-22(5-7-24)21-44-17-12-23(13-18-44)40-30-11-16-38-31(19-35)43-30/h2-11,14-16,20,23H,12-13,17-18,21H2,1H3,(H2,36,39)(H,38,40,43). The lowest BCUT2D eigenvalue weighted by Crippen LogP contribution is -2.38. The fraction of sp³-hybridized carbons (Fsp3) is 0.206. The topological polar surface area (TPSA) is 157 Å². The molecule has 0 spiro atoms. The Labute approximate surface area is 265 Å². The Bertz CT molecular complexity index is 2040. The smallest absolute Gasteiger partial charge is 0.234 e. The van der Waals surface area contributed by atoms with Crippen LogP contribution < -0.4 is 15.8 Å². The highest BCUT2D eigenvalue weighted by atomic mass is 16.5. The van der Waals surface area contributed by atoms with Gasteiger partial charge in [-0.05, 0) is 66.9 Å². The second-order valence-corrected chi connectivity index (χ2v) is 11.1. The van der Waals surface area contributed by atoms with Crippen LogP contribution in [0.1, 0.15) is 24.2 Å². The number of nitrogens with one attached hydrogen (secondary N) is 1. The molecule has 0 radical (unpaired) electrons. The first-order valence-corrected chi connectivity index (χ1v) is 15.0. The van der Waals surface area contributed by atoms with Crippen molar-refractivity contribution in [1.29, 1.82) is 5.26 Å². The number of hydrogen-bond donors (Lipinski definition) is 2. The van der Waals surface area contributed by atoms with Gasteiger partial charge < -0.3 is 15.8 Å². The quantitative estimate of drug-likeness (QED) is 0.243. The fourth-order valence-electron chi connectivity index (χ4n) is 5.84. The van der Waals surface area contributed by atoms with Gasteiger partial charge in [0.15, 0.2) is 11.5 Å². The Morgan fingerprint density at radius 2 is 1.78 bits per heavy atom. The number of likely N-dealkylation sites (tertiary alicyclic amines) is 1. The van der Waals surface area contributed by atoms with Crippen LogP contribution in [0.2, 0.25) is 0 Å². The van der Waals surface area contributed by atoms with Crippen LogP contribution in [0.25, 0.3) is 39.5 Å². The van der Waals surface area contributed by atoms with Gasteiger partial charge in [-0.2, -0.15) is 5.26 Å². The average molecular weight is 610 g/mol. The summed E-state index contributed by atoms with van der Waals surface area (Å²) >= 11 is 0. The van der Waals surface area contributed by atoms with E-state index in [2.05, 4.69) is 54.4 Å². The van der Waals surface area contributed by atoms with Crippen LogP contribution in [0.4, 0.5) is 11.6 Å². The van der Waals surface area contributed by atoms with Crippen LogP contribution in [-0.4, -0.2) is 65.6 Å². The Hall–Kier alpha value is -5.93. The maximum Gasteiger partial charge on any atom is 0.234 e. The molecule has 228 valence electrons. The minimum absolute atomic E-state index is 0.176. The van der Waals surface area contributed by atoms with Gasteiger partial charge in [0.2, 0.25) is 5.82 Å². The monoisotopic (exact) mass is 609 g/mol. The van der Waals surface area contributed by atoms with Crippen molar-refractivity contribution in [2.24, 2.45) is 0 Å². The molecule has 1 aliphatic heterocycles. The minimum Gasteiger partial charge on any atom is -0.496 e. The van der Waals surface area contributed by atoms with Gasteiger partial charge in [0.25, 0.3) is 0 Å². The van der Waals surface area contributed by atoms with E-state index in [4.69, 9.17) is 25.7 Å². The lowest BCUT2D eigenvalue weighted by atomic mass is 10.0. The SMILES string of the molecule is COc1ccncc1-c1ccc2nc(-c3cccnc3N)n(-c3ccc(CN4CCC(Nc5ccnc(C#N)n5)CC4)cc3)c2n1. The normalized spacial score (nSPS) is 13.8. The Morgan fingerprint density at radius 1 is 0.935 bits per heavy atom. The van der Waals surface area contributed by atoms with Gasteiger partial charge in [-0.1, -0.05) is 12.1 Å². The summed E-state index contributed by atoms with van der Waals surface area (Å²) in [7, 11) is 1.64. The van der Waals surface area contributed by atoms with E-state index < -0.39 is 0 Å². The van der Waals surface area contributed by atoms with Crippen molar-refractivity contribution in [3.63, 3.8) is 0 Å². The molecular weight excluding hydrogens is 578 g/mol. The summed E-state index contributed by atoms with van der Waals surface area (Å²) in [4.78, 5) is 29.3. The number of aromatic nitrogens is 7. The third kappa shape index (κ3) is 5.79. The maximum atomic E-state index is 9.08. The molecular formula is C34H31N11O. The molecule has 12 heteroatoms. The van der Waals surface area contributed by atoms with Crippen molar-refractivity contribution in [2.45, 2.75) is 25.4 Å². The third-order valence-corrected chi connectivity index (χ3v) is 8.16. The van der Waals surface area contributed by atoms with Crippen LogP contribution in [0.5, 0.6) is 5.75 Å². The molecule has 0 saturated carbocycles. The van der Waals surface area contributed by atoms with Gasteiger partial charge in [-0.15, -0.1) is 0 Å². The first kappa shape index (κ1) is 28.8. The van der Waals surface area contributed by atoms with Crippen molar-refractivity contribution in [3.05, 3.63) is 96.8 Å². The number of nitrogens with two attached hydrogens (primary N) is 1. The van der Waals surface area contributed by atoms with E-state index in [1.54, 1.807) is 38.0 Å². The van der Waals surface area contributed by atoms with Crippen LogP contribution in [0, 0.1) is 11.3 Å². The summed E-state index contributed by atoms with van der Waals surface area (Å²) in [5.41, 5.74) is 12.1. The summed E-state index contributed by atoms with van der Waals surface area (Å²) < 4.78 is 7.61. The zero-order valence-corrected chi connectivity index (χ0v) is 25.2. The first-order valence-electron chi connectivity index (χ1n) is 15.0. The number of piperidine rings is 1. The van der Waals surface area contributed by atoms with Crippen LogP contribution >= 0.6 is 0 Å². The predicted molar refractivity (Wildman–Crippen MR) is 175 cm³/mol. The molecule has 6 heterocycles. The highest BCUT2D eigenvalue weighted by Gasteiger charge is 2.22. The molecule has 0 amide bonds. The lowest BCUT2D eigenvalue weighted by molar-refractivity contribution is 0.211. The number of anilines is 2. The largest absolute Gasteiger partial charge is 0.496 e. The molecule has 0 unspecified atom stereocenters. The Kier molecular flexibility index (Phi) is 7.89. The highest BCUT2D eigenvalue weighted by Crippen LogP contribution is 2.33. The van der Waals surface area contributed by atoms with E-state index in [0.717, 1.165) is 60.5 Å². The summed E-state index contributed by atoms with van der Waals surface area (Å²) in [6.45, 7) is 2.75. The number of nitrogen functional groups attached to an aromatic ring is 1. The van der Waals surface area contributed by atoms with Gasteiger partial charge in [0.1, 0.15) is 29.0 Å². The summed E-state index contributed by atoms with van der Waals surface area (Å²) in [5, 5.41) is 12.5. The van der Waals surface area contributed by atoms with E-state index in [1.165, 1.54) is 5.56 Å². The Balaban J connectivity index is 1.15. The third-order valence-electron chi connectivity index (χ3n) is 8.16. The second kappa shape index (κ2) is 12.6. The fourth-order valence-corrected chi connectivity index (χ4v) is 5.84. The molecule has 7 rings (SSSR count).